The van der Waals surface area contributed by atoms with Crippen LogP contribution in [0.15, 0.2) is 35.5 Å². The fraction of sp³-hybridized carbons (Fsp3) is 0.500. The van der Waals surface area contributed by atoms with Gasteiger partial charge in [0.1, 0.15) is 0 Å². The van der Waals surface area contributed by atoms with Gasteiger partial charge < -0.3 is 0 Å². The van der Waals surface area contributed by atoms with Crippen LogP contribution in [-0.2, 0) is 0 Å². The zero-order chi connectivity index (χ0) is 9.40. The maximum absolute atomic E-state index is 2.24. The Hall–Kier alpha value is -0.780. The van der Waals surface area contributed by atoms with Gasteiger partial charge in [0, 0.05) is 0 Å². The molecule has 0 aliphatic rings. The summed E-state index contributed by atoms with van der Waals surface area (Å²) < 4.78 is 0. The minimum atomic E-state index is 1.06. The summed E-state index contributed by atoms with van der Waals surface area (Å²) in [5, 5.41) is 0. The van der Waals surface area contributed by atoms with Crippen LogP contribution in [0.2, 0.25) is 0 Å². The highest BCUT2D eigenvalue weighted by atomic mass is 13.9. The van der Waals surface area contributed by atoms with Gasteiger partial charge in [-0.2, -0.15) is 0 Å². The molecule has 0 aromatic heterocycles. The van der Waals surface area contributed by atoms with Crippen molar-refractivity contribution < 1.29 is 0 Å². The third kappa shape index (κ3) is 5.96. The van der Waals surface area contributed by atoms with Crippen molar-refractivity contribution in [3.63, 3.8) is 0 Å². The first-order valence-electron chi connectivity index (χ1n) is 4.57. The topological polar surface area (TPSA) is 0 Å². The van der Waals surface area contributed by atoms with Gasteiger partial charge in [-0.3, -0.25) is 0 Å². The second-order valence-corrected chi connectivity index (χ2v) is 3.26. The lowest BCUT2D eigenvalue weighted by Crippen LogP contribution is -1.76. The fourth-order valence-corrected chi connectivity index (χ4v) is 0.775. The van der Waals surface area contributed by atoms with E-state index >= 15 is 0 Å². The summed E-state index contributed by atoms with van der Waals surface area (Å²) in [7, 11) is 0. The fourth-order valence-electron chi connectivity index (χ4n) is 0.775. The van der Waals surface area contributed by atoms with E-state index in [1.54, 1.807) is 0 Å². The van der Waals surface area contributed by atoms with Crippen LogP contribution in [0.5, 0.6) is 0 Å². The van der Waals surface area contributed by atoms with Crippen LogP contribution in [0.25, 0.3) is 0 Å². The first-order chi connectivity index (χ1) is 5.68. The lowest BCUT2D eigenvalue weighted by atomic mass is 10.1. The van der Waals surface area contributed by atoms with Crippen LogP contribution in [0.4, 0.5) is 0 Å². The summed E-state index contributed by atoms with van der Waals surface area (Å²) in [6.45, 7) is 8.56. The number of hydrogen-bond donors (Lipinski definition) is 0. The van der Waals surface area contributed by atoms with Gasteiger partial charge in [-0.25, -0.2) is 0 Å². The Bertz CT molecular complexity index is 188. The van der Waals surface area contributed by atoms with E-state index in [4.69, 9.17) is 0 Å². The molecule has 0 amide bonds. The first kappa shape index (κ1) is 11.2. The van der Waals surface area contributed by atoms with E-state index in [0.717, 1.165) is 12.8 Å². The van der Waals surface area contributed by atoms with E-state index in [0.29, 0.717) is 0 Å². The van der Waals surface area contributed by atoms with Gasteiger partial charge in [-0.15, -0.1) is 0 Å². The van der Waals surface area contributed by atoms with Crippen molar-refractivity contribution in [3.8, 4) is 0 Å². The molecule has 0 aliphatic heterocycles. The summed E-state index contributed by atoms with van der Waals surface area (Å²) in [5.74, 6) is 0. The van der Waals surface area contributed by atoms with Gasteiger partial charge in [0.2, 0.25) is 0 Å². The Labute approximate surface area is 76.7 Å². The first-order valence-corrected chi connectivity index (χ1v) is 4.57. The van der Waals surface area contributed by atoms with Gasteiger partial charge in [0.25, 0.3) is 0 Å². The Balaban J connectivity index is 3.68. The molecule has 0 unspecified atom stereocenters. The summed E-state index contributed by atoms with van der Waals surface area (Å²) in [5.41, 5.74) is 2.91. The van der Waals surface area contributed by atoms with E-state index in [-0.39, 0.29) is 0 Å². The number of allylic oxidation sites excluding steroid dienone is 6. The number of rotatable bonds is 4. The van der Waals surface area contributed by atoms with Crippen molar-refractivity contribution in [2.45, 2.75) is 40.5 Å². The largest absolute Gasteiger partial charge is 0.0914 e. The smallest absolute Gasteiger partial charge is 0.0139 e. The third-order valence-corrected chi connectivity index (χ3v) is 1.95. The normalized spacial score (nSPS) is 11.3. The zero-order valence-electron chi connectivity index (χ0n) is 8.72. The highest BCUT2D eigenvalue weighted by Gasteiger charge is 1.86. The molecule has 0 N–H and O–H groups in total. The predicted octanol–water partition coefficient (Wildman–Crippen LogP) is 4.26. The maximum Gasteiger partial charge on any atom is -0.0139 e. The average molecular weight is 164 g/mol. The molecule has 0 rings (SSSR count). The minimum Gasteiger partial charge on any atom is -0.0914 e. The Morgan fingerprint density at radius 2 is 1.67 bits per heavy atom. The molecule has 0 saturated carbocycles. The molecule has 68 valence electrons. The minimum absolute atomic E-state index is 1.06. The molecule has 12 heavy (non-hydrogen) atoms. The van der Waals surface area contributed by atoms with E-state index in [1.807, 2.05) is 0 Å². The molecule has 0 atom stereocenters. The molecule has 0 bridgehead atoms. The second kappa shape index (κ2) is 6.90. The van der Waals surface area contributed by atoms with E-state index < -0.39 is 0 Å². The lowest BCUT2D eigenvalue weighted by molar-refractivity contribution is 1.12. The summed E-state index contributed by atoms with van der Waals surface area (Å²) >= 11 is 0. The summed E-state index contributed by atoms with van der Waals surface area (Å²) in [6.07, 6.45) is 10.9. The van der Waals surface area contributed by atoms with Gasteiger partial charge in [-0.05, 0) is 40.5 Å². The standard InChI is InChI=1S/C12H20/c1-5-6-7-8-9-10-12(4)11(2)3/h5-6,8-9H,7,10H2,1-4H3. The molecule has 0 heterocycles. The van der Waals surface area contributed by atoms with Crippen molar-refractivity contribution in [1.29, 1.82) is 0 Å². The lowest BCUT2D eigenvalue weighted by Gasteiger charge is -1.97. The highest BCUT2D eigenvalue weighted by molar-refractivity contribution is 5.11. The molecule has 0 fully saturated rings. The Kier molecular flexibility index (Phi) is 6.45. The van der Waals surface area contributed by atoms with E-state index in [2.05, 4.69) is 52.0 Å². The van der Waals surface area contributed by atoms with Crippen LogP contribution in [0.3, 0.4) is 0 Å². The van der Waals surface area contributed by atoms with Crippen LogP contribution >= 0.6 is 0 Å². The highest BCUT2D eigenvalue weighted by Crippen LogP contribution is 2.07. The van der Waals surface area contributed by atoms with Crippen LogP contribution < -0.4 is 0 Å². The van der Waals surface area contributed by atoms with Crippen molar-refractivity contribution in [2.24, 2.45) is 0 Å². The van der Waals surface area contributed by atoms with Crippen LogP contribution in [0, 0.1) is 0 Å². The summed E-state index contributed by atoms with van der Waals surface area (Å²) in [4.78, 5) is 0. The predicted molar refractivity (Wildman–Crippen MR) is 57.2 cm³/mol. The molecule has 0 saturated heterocycles. The van der Waals surface area contributed by atoms with E-state index in [1.165, 1.54) is 11.1 Å². The van der Waals surface area contributed by atoms with Crippen molar-refractivity contribution >= 4 is 0 Å². The Morgan fingerprint density at radius 3 is 2.17 bits per heavy atom. The monoisotopic (exact) mass is 164 g/mol. The summed E-state index contributed by atoms with van der Waals surface area (Å²) in [6, 6.07) is 0. The van der Waals surface area contributed by atoms with Gasteiger partial charge in [0.15, 0.2) is 0 Å². The molecule has 0 heteroatoms. The maximum atomic E-state index is 2.24. The van der Waals surface area contributed by atoms with Gasteiger partial charge >= 0.3 is 0 Å². The molecule has 0 spiro atoms. The molecular weight excluding hydrogens is 144 g/mol. The third-order valence-electron chi connectivity index (χ3n) is 1.95. The zero-order valence-corrected chi connectivity index (χ0v) is 8.72. The Morgan fingerprint density at radius 1 is 1.00 bits per heavy atom. The molecule has 0 aromatic carbocycles. The molecule has 0 aromatic rings. The van der Waals surface area contributed by atoms with Crippen LogP contribution in [0.1, 0.15) is 40.5 Å². The number of hydrogen-bond acceptors (Lipinski definition) is 0. The average Bonchev–Trinajstić information content (AvgIpc) is 2.03. The molecular formula is C12H20. The molecule has 0 radical (unpaired) electrons. The molecule has 0 aliphatic carbocycles. The van der Waals surface area contributed by atoms with Crippen molar-refractivity contribution in [2.75, 3.05) is 0 Å². The van der Waals surface area contributed by atoms with Crippen molar-refractivity contribution in [1.82, 2.24) is 0 Å². The quantitative estimate of drug-likeness (QED) is 0.545. The van der Waals surface area contributed by atoms with E-state index in [9.17, 15) is 0 Å². The SMILES string of the molecule is CC=CCC=CCC(C)=C(C)C. The van der Waals surface area contributed by atoms with Gasteiger partial charge in [-0.1, -0.05) is 35.5 Å². The van der Waals surface area contributed by atoms with Gasteiger partial charge in [0.05, 0.1) is 0 Å². The van der Waals surface area contributed by atoms with Crippen LogP contribution in [-0.4, -0.2) is 0 Å². The molecule has 0 nitrogen and oxygen atoms in total. The second-order valence-electron chi connectivity index (χ2n) is 3.26. The van der Waals surface area contributed by atoms with Crippen molar-refractivity contribution in [3.05, 3.63) is 35.5 Å².